The molecule has 0 saturated carbocycles. The zero-order chi connectivity index (χ0) is 22.9. The van der Waals surface area contributed by atoms with E-state index in [0.717, 1.165) is 32.7 Å². The van der Waals surface area contributed by atoms with Crippen molar-refractivity contribution in [1.82, 2.24) is 15.0 Å². The van der Waals surface area contributed by atoms with Gasteiger partial charge in [-0.1, -0.05) is 18.2 Å². The van der Waals surface area contributed by atoms with Gasteiger partial charge in [0.2, 0.25) is 5.88 Å². The molecule has 0 aliphatic carbocycles. The van der Waals surface area contributed by atoms with Crippen LogP contribution in [0.4, 0.5) is 0 Å². The van der Waals surface area contributed by atoms with Crippen LogP contribution in [0.2, 0.25) is 0 Å². The average Bonchev–Trinajstić information content (AvgIpc) is 3.17. The third-order valence-electron chi connectivity index (χ3n) is 5.33. The molecule has 0 saturated heterocycles. The molecule has 0 spiro atoms. The van der Waals surface area contributed by atoms with Crippen LogP contribution in [0, 0.1) is 0 Å². The summed E-state index contributed by atoms with van der Waals surface area (Å²) >= 11 is 0. The van der Waals surface area contributed by atoms with E-state index in [0.29, 0.717) is 17.2 Å². The van der Waals surface area contributed by atoms with Crippen LogP contribution in [-0.2, 0) is 16.1 Å². The number of benzene rings is 2. The molecule has 33 heavy (non-hydrogen) atoms. The third kappa shape index (κ3) is 3.99. The molecule has 3 heterocycles. The number of methoxy groups -OCH3 is 1. The number of nitrogens with one attached hydrogen (secondary N) is 1. The summed E-state index contributed by atoms with van der Waals surface area (Å²) < 4.78 is 16.9. The molecule has 1 N–H and O–H groups in total. The van der Waals surface area contributed by atoms with Crippen LogP contribution < -0.4 is 4.74 Å². The largest absolute Gasteiger partial charge is 0.458 e. The van der Waals surface area contributed by atoms with Gasteiger partial charge in [-0.3, -0.25) is 0 Å². The fourth-order valence-electron chi connectivity index (χ4n) is 3.96. The van der Waals surface area contributed by atoms with Gasteiger partial charge in [0.1, 0.15) is 5.75 Å². The van der Waals surface area contributed by atoms with Crippen LogP contribution in [0.1, 0.15) is 29.9 Å². The van der Waals surface area contributed by atoms with Crippen molar-refractivity contribution < 1.29 is 19.0 Å². The van der Waals surface area contributed by atoms with Gasteiger partial charge in [0.25, 0.3) is 0 Å². The van der Waals surface area contributed by atoms with Crippen molar-refractivity contribution in [2.75, 3.05) is 7.11 Å². The molecule has 0 fully saturated rings. The molecule has 7 nitrogen and oxygen atoms in total. The number of carbonyl (C=O) groups is 1. The first-order valence-corrected chi connectivity index (χ1v) is 10.7. The van der Waals surface area contributed by atoms with E-state index in [-0.39, 0.29) is 18.4 Å². The molecule has 0 unspecified atom stereocenters. The van der Waals surface area contributed by atoms with E-state index in [2.05, 4.69) is 15.0 Å². The quantitative estimate of drug-likeness (QED) is 0.337. The molecule has 5 rings (SSSR count). The van der Waals surface area contributed by atoms with Crippen molar-refractivity contribution in [2.24, 2.45) is 0 Å². The van der Waals surface area contributed by atoms with Gasteiger partial charge in [0, 0.05) is 40.4 Å². The smallest absolute Gasteiger partial charge is 0.357 e. The van der Waals surface area contributed by atoms with E-state index >= 15 is 0 Å². The fraction of sp³-hybridized carbons (Fsp3) is 0.192. The minimum Gasteiger partial charge on any atom is -0.458 e. The molecule has 0 amide bonds. The highest BCUT2D eigenvalue weighted by Gasteiger charge is 2.21. The van der Waals surface area contributed by atoms with Gasteiger partial charge < -0.3 is 19.2 Å². The number of hydrogen-bond acceptors (Lipinski definition) is 6. The second-order valence-corrected chi connectivity index (χ2v) is 8.04. The zero-order valence-electron chi connectivity index (χ0n) is 18.6. The Morgan fingerprint density at radius 3 is 2.73 bits per heavy atom. The van der Waals surface area contributed by atoms with Crippen molar-refractivity contribution >= 4 is 38.7 Å². The summed E-state index contributed by atoms with van der Waals surface area (Å²) in [6.07, 6.45) is 1.40. The summed E-state index contributed by atoms with van der Waals surface area (Å²) in [5.41, 5.74) is 3.50. The number of ether oxygens (including phenoxy) is 3. The summed E-state index contributed by atoms with van der Waals surface area (Å²) in [7, 11) is 1.59. The zero-order valence-corrected chi connectivity index (χ0v) is 18.6. The molecule has 2 aromatic carbocycles. The first kappa shape index (κ1) is 20.9. The van der Waals surface area contributed by atoms with Gasteiger partial charge in [-0.2, -0.15) is 0 Å². The first-order valence-electron chi connectivity index (χ1n) is 10.7. The Bertz CT molecular complexity index is 1490. The summed E-state index contributed by atoms with van der Waals surface area (Å²) in [6, 6.07) is 17.5. The number of rotatable bonds is 6. The number of aromatic nitrogens is 3. The number of fused-ring (bicyclic) bond motifs is 4. The Morgan fingerprint density at radius 2 is 1.91 bits per heavy atom. The lowest BCUT2D eigenvalue weighted by atomic mass is 10.1. The van der Waals surface area contributed by atoms with E-state index in [1.165, 1.54) is 0 Å². The van der Waals surface area contributed by atoms with Gasteiger partial charge >= 0.3 is 5.97 Å². The average molecular weight is 441 g/mol. The van der Waals surface area contributed by atoms with Crippen LogP contribution in [0.5, 0.6) is 11.6 Å². The lowest BCUT2D eigenvalue weighted by molar-refractivity contribution is 0.0366. The topological polar surface area (TPSA) is 86.3 Å². The number of hydrogen-bond donors (Lipinski definition) is 1. The maximum absolute atomic E-state index is 12.7. The molecule has 7 heteroatoms. The van der Waals surface area contributed by atoms with Crippen LogP contribution in [0.15, 0.2) is 60.8 Å². The molecule has 0 aliphatic rings. The van der Waals surface area contributed by atoms with Gasteiger partial charge in [-0.05, 0) is 44.2 Å². The van der Waals surface area contributed by atoms with E-state index in [1.54, 1.807) is 13.3 Å². The highest BCUT2D eigenvalue weighted by molar-refractivity contribution is 6.11. The maximum atomic E-state index is 12.7. The van der Waals surface area contributed by atoms with Crippen LogP contribution in [0.25, 0.3) is 32.7 Å². The van der Waals surface area contributed by atoms with Gasteiger partial charge in [0.05, 0.1) is 29.9 Å². The van der Waals surface area contributed by atoms with Crippen molar-refractivity contribution in [1.29, 1.82) is 0 Å². The van der Waals surface area contributed by atoms with Gasteiger partial charge in [0.15, 0.2) is 5.69 Å². The molecule has 166 valence electrons. The summed E-state index contributed by atoms with van der Waals surface area (Å²) in [5.74, 6) is 0.673. The Labute approximate surface area is 190 Å². The lowest BCUT2D eigenvalue weighted by Gasteiger charge is -2.12. The molecule has 3 aromatic heterocycles. The second kappa shape index (κ2) is 8.52. The maximum Gasteiger partial charge on any atom is 0.357 e. The Balaban J connectivity index is 1.60. The van der Waals surface area contributed by atoms with Gasteiger partial charge in [-0.25, -0.2) is 14.8 Å². The monoisotopic (exact) mass is 441 g/mol. The number of carbonyl (C=O) groups excluding carboxylic acids is 1. The minimum absolute atomic E-state index is 0.219. The summed E-state index contributed by atoms with van der Waals surface area (Å²) in [5, 5.41) is 2.81. The fourth-order valence-corrected chi connectivity index (χ4v) is 3.96. The number of nitrogens with zero attached hydrogens (tertiary/aromatic N) is 2. The highest BCUT2D eigenvalue weighted by Crippen LogP contribution is 2.34. The number of aromatic amines is 1. The predicted octanol–water partition coefficient (Wildman–Crippen LogP) is 5.77. The molecule has 0 bridgehead atoms. The third-order valence-corrected chi connectivity index (χ3v) is 5.33. The Kier molecular flexibility index (Phi) is 5.40. The van der Waals surface area contributed by atoms with Crippen LogP contribution in [-0.4, -0.2) is 34.1 Å². The van der Waals surface area contributed by atoms with E-state index in [9.17, 15) is 4.79 Å². The molecular formula is C26H23N3O4. The highest BCUT2D eigenvalue weighted by atomic mass is 16.5. The van der Waals surface area contributed by atoms with Crippen molar-refractivity contribution in [3.8, 4) is 11.6 Å². The van der Waals surface area contributed by atoms with E-state index in [4.69, 9.17) is 14.2 Å². The number of para-hydroxylation sites is 1. The lowest BCUT2D eigenvalue weighted by Crippen LogP contribution is -2.15. The minimum atomic E-state index is -0.471. The van der Waals surface area contributed by atoms with Crippen molar-refractivity contribution in [3.05, 3.63) is 72.1 Å². The Hall–Kier alpha value is -3.97. The number of pyridine rings is 2. The number of esters is 1. The van der Waals surface area contributed by atoms with Gasteiger partial charge in [-0.15, -0.1) is 0 Å². The number of H-pyrrole nitrogens is 1. The normalized spacial score (nSPS) is 11.5. The van der Waals surface area contributed by atoms with E-state index in [1.807, 2.05) is 68.4 Å². The molecule has 5 aromatic rings. The molecule has 0 aliphatic heterocycles. The van der Waals surface area contributed by atoms with Crippen molar-refractivity contribution in [3.63, 3.8) is 0 Å². The SMILES string of the molecule is COCc1c(C(=O)OC(C)C)ncc2[nH]c3ccc(Oc4ccc5ccccc5n4)cc3c12. The van der Waals surface area contributed by atoms with E-state index < -0.39 is 5.97 Å². The summed E-state index contributed by atoms with van der Waals surface area (Å²) in [6.45, 7) is 3.84. The molecule has 0 atom stereocenters. The standard InChI is InChI=1S/C26H23N3O4/c1-15(2)32-26(30)25-19(14-31-3)24-18-12-17(9-10-21(18)28-22(24)13-27-25)33-23-11-8-16-6-4-5-7-20(16)29-23/h4-13,15,28H,14H2,1-3H3. The van der Waals surface area contributed by atoms with Crippen LogP contribution >= 0.6 is 0 Å². The molecule has 0 radical (unpaired) electrons. The second-order valence-electron chi connectivity index (χ2n) is 8.04. The molecular weight excluding hydrogens is 418 g/mol. The summed E-state index contributed by atoms with van der Waals surface area (Å²) in [4.78, 5) is 25.0. The first-order chi connectivity index (χ1) is 16.0. The van der Waals surface area contributed by atoms with Crippen LogP contribution in [0.3, 0.4) is 0 Å². The Morgan fingerprint density at radius 1 is 1.06 bits per heavy atom. The predicted molar refractivity (Wildman–Crippen MR) is 127 cm³/mol. The van der Waals surface area contributed by atoms with Crippen molar-refractivity contribution in [2.45, 2.75) is 26.6 Å².